The summed E-state index contributed by atoms with van der Waals surface area (Å²) >= 11 is 0. The second kappa shape index (κ2) is 6.44. The highest BCUT2D eigenvalue weighted by molar-refractivity contribution is 5.79. The lowest BCUT2D eigenvalue weighted by Crippen LogP contribution is -2.50. The van der Waals surface area contributed by atoms with Crippen molar-refractivity contribution in [3.63, 3.8) is 0 Å². The van der Waals surface area contributed by atoms with Gasteiger partial charge in [-0.2, -0.15) is 5.43 Å². The largest absolute Gasteiger partial charge is 0.369 e. The molecule has 4 rings (SSSR count). The minimum absolute atomic E-state index is 0.191. The lowest BCUT2D eigenvalue weighted by Gasteiger charge is -2.24. The number of hydrogen-bond acceptors (Lipinski definition) is 7. The van der Waals surface area contributed by atoms with E-state index >= 15 is 0 Å². The van der Waals surface area contributed by atoms with Crippen LogP contribution in [0.3, 0.4) is 0 Å². The molecule has 2 atom stereocenters. The maximum atomic E-state index is 14.7. The van der Waals surface area contributed by atoms with Crippen LogP contribution in [0.5, 0.6) is 0 Å². The number of likely N-dealkylation sites (tertiary alicyclic amines) is 1. The van der Waals surface area contributed by atoms with E-state index in [1.54, 1.807) is 6.07 Å². The summed E-state index contributed by atoms with van der Waals surface area (Å²) in [5, 5.41) is 0. The summed E-state index contributed by atoms with van der Waals surface area (Å²) in [6, 6.07) is 5.05. The SMILES string of the molecule is NC1=NC(N)(c2ccc(N3CC[C@@H](CN4CCCC4)C3)c(F)c2)NN1. The highest BCUT2D eigenvalue weighted by Crippen LogP contribution is 2.30. The fourth-order valence-corrected chi connectivity index (χ4v) is 4.07. The highest BCUT2D eigenvalue weighted by atomic mass is 19.1. The maximum Gasteiger partial charge on any atom is 0.209 e. The number of anilines is 1. The monoisotopic (exact) mass is 347 g/mol. The Labute approximate surface area is 147 Å². The number of nitrogens with two attached hydrogens (primary N) is 2. The topological polar surface area (TPSA) is 94.9 Å². The number of nitrogens with one attached hydrogen (secondary N) is 2. The van der Waals surface area contributed by atoms with Gasteiger partial charge in [-0.1, -0.05) is 6.07 Å². The first kappa shape index (κ1) is 16.6. The predicted molar refractivity (Wildman–Crippen MR) is 96.2 cm³/mol. The van der Waals surface area contributed by atoms with Gasteiger partial charge in [-0.25, -0.2) is 9.38 Å². The van der Waals surface area contributed by atoms with Gasteiger partial charge in [0.05, 0.1) is 5.69 Å². The summed E-state index contributed by atoms with van der Waals surface area (Å²) in [5.41, 5.74) is 18.3. The molecule has 0 amide bonds. The van der Waals surface area contributed by atoms with Gasteiger partial charge in [-0.3, -0.25) is 11.2 Å². The molecule has 0 aromatic heterocycles. The van der Waals surface area contributed by atoms with E-state index < -0.39 is 5.79 Å². The van der Waals surface area contributed by atoms with Crippen LogP contribution in [-0.2, 0) is 5.79 Å². The lowest BCUT2D eigenvalue weighted by molar-refractivity contribution is 0.289. The van der Waals surface area contributed by atoms with Crippen LogP contribution < -0.4 is 27.2 Å². The van der Waals surface area contributed by atoms with Crippen LogP contribution in [0, 0.1) is 11.7 Å². The predicted octanol–water partition coefficient (Wildman–Crippen LogP) is 0.239. The first-order valence-corrected chi connectivity index (χ1v) is 8.98. The number of benzene rings is 1. The van der Waals surface area contributed by atoms with Crippen molar-refractivity contribution in [1.29, 1.82) is 0 Å². The summed E-state index contributed by atoms with van der Waals surface area (Å²) in [7, 11) is 0. The van der Waals surface area contributed by atoms with Crippen LogP contribution in [0.2, 0.25) is 0 Å². The van der Waals surface area contributed by atoms with Gasteiger partial charge in [0.2, 0.25) is 11.7 Å². The summed E-state index contributed by atoms with van der Waals surface area (Å²) < 4.78 is 14.7. The fourth-order valence-electron chi connectivity index (χ4n) is 4.07. The Kier molecular flexibility index (Phi) is 4.26. The van der Waals surface area contributed by atoms with E-state index in [-0.39, 0.29) is 11.8 Å². The molecule has 3 aliphatic heterocycles. The molecule has 0 saturated carbocycles. The third-order valence-corrected chi connectivity index (χ3v) is 5.41. The number of guanidine groups is 1. The Hall–Kier alpha value is -1.90. The van der Waals surface area contributed by atoms with Crippen molar-refractivity contribution in [2.75, 3.05) is 37.6 Å². The number of nitrogens with zero attached hydrogens (tertiary/aromatic N) is 3. The Bertz CT molecular complexity index is 673. The van der Waals surface area contributed by atoms with Crippen molar-refractivity contribution in [1.82, 2.24) is 15.8 Å². The van der Waals surface area contributed by atoms with Crippen molar-refractivity contribution in [2.45, 2.75) is 25.0 Å². The molecule has 6 N–H and O–H groups in total. The molecule has 3 heterocycles. The summed E-state index contributed by atoms with van der Waals surface area (Å²) in [6.45, 7) is 5.36. The van der Waals surface area contributed by atoms with E-state index in [0.717, 1.165) is 26.1 Å². The number of hydrogen-bond donors (Lipinski definition) is 4. The van der Waals surface area contributed by atoms with Crippen LogP contribution in [0.4, 0.5) is 10.1 Å². The molecule has 25 heavy (non-hydrogen) atoms. The average Bonchev–Trinajstić information content (AvgIpc) is 3.31. The van der Waals surface area contributed by atoms with E-state index in [2.05, 4.69) is 25.6 Å². The van der Waals surface area contributed by atoms with Gasteiger partial charge in [-0.15, -0.1) is 0 Å². The average molecular weight is 347 g/mol. The first-order chi connectivity index (χ1) is 12.0. The normalized spacial score (nSPS) is 29.9. The second-order valence-electron chi connectivity index (χ2n) is 7.29. The molecule has 0 aliphatic carbocycles. The Morgan fingerprint density at radius 2 is 2.08 bits per heavy atom. The van der Waals surface area contributed by atoms with Gasteiger partial charge in [0.15, 0.2) is 0 Å². The molecule has 1 aromatic carbocycles. The lowest BCUT2D eigenvalue weighted by atomic mass is 10.1. The van der Waals surface area contributed by atoms with E-state index in [4.69, 9.17) is 11.5 Å². The van der Waals surface area contributed by atoms with Gasteiger partial charge in [0.1, 0.15) is 5.82 Å². The molecule has 1 unspecified atom stereocenters. The number of halogens is 1. The molecule has 7 nitrogen and oxygen atoms in total. The molecule has 1 aromatic rings. The van der Waals surface area contributed by atoms with Gasteiger partial charge >= 0.3 is 0 Å². The van der Waals surface area contributed by atoms with Crippen LogP contribution in [-0.4, -0.2) is 43.6 Å². The molecule has 3 aliphatic rings. The molecule has 8 heteroatoms. The Morgan fingerprint density at radius 1 is 1.28 bits per heavy atom. The molecule has 2 fully saturated rings. The number of rotatable bonds is 4. The number of aliphatic imine (C=N–C) groups is 1. The molecule has 0 radical (unpaired) electrons. The van der Waals surface area contributed by atoms with E-state index in [0.29, 0.717) is 17.2 Å². The molecule has 2 saturated heterocycles. The smallest absolute Gasteiger partial charge is 0.209 e. The zero-order valence-electron chi connectivity index (χ0n) is 14.3. The molecule has 0 spiro atoms. The Balaban J connectivity index is 1.44. The van der Waals surface area contributed by atoms with Crippen LogP contribution in [0.1, 0.15) is 24.8 Å². The fraction of sp³-hybridized carbons (Fsp3) is 0.588. The van der Waals surface area contributed by atoms with Crippen molar-refractivity contribution >= 4 is 11.6 Å². The number of hydrazine groups is 1. The van der Waals surface area contributed by atoms with Crippen LogP contribution in [0.15, 0.2) is 23.2 Å². The van der Waals surface area contributed by atoms with Gasteiger partial charge in [-0.05, 0) is 50.4 Å². The minimum Gasteiger partial charge on any atom is -0.369 e. The maximum absolute atomic E-state index is 14.7. The van der Waals surface area contributed by atoms with Crippen LogP contribution >= 0.6 is 0 Å². The summed E-state index contributed by atoms with van der Waals surface area (Å²) in [6.07, 6.45) is 3.73. The zero-order valence-corrected chi connectivity index (χ0v) is 14.3. The van der Waals surface area contributed by atoms with Gasteiger partial charge in [0.25, 0.3) is 0 Å². The standard InChI is InChI=1S/C17H26FN7/c18-14-9-13(17(20)21-16(19)22-23-17)3-4-15(14)25-8-5-12(11-25)10-24-6-1-2-7-24/h3-4,9,12,23H,1-2,5-8,10-11,20H2,(H3,19,21,22)/t12-,17?/m0/s1. The van der Waals surface area contributed by atoms with E-state index in [9.17, 15) is 4.39 Å². The van der Waals surface area contributed by atoms with E-state index in [1.807, 2.05) is 6.07 Å². The quantitative estimate of drug-likeness (QED) is 0.623. The van der Waals surface area contributed by atoms with Gasteiger partial charge < -0.3 is 15.5 Å². The molecular weight excluding hydrogens is 321 g/mol. The molecule has 0 bridgehead atoms. The van der Waals surface area contributed by atoms with Crippen molar-refractivity contribution in [2.24, 2.45) is 22.4 Å². The third kappa shape index (κ3) is 3.29. The van der Waals surface area contributed by atoms with Crippen molar-refractivity contribution < 1.29 is 4.39 Å². The highest BCUT2D eigenvalue weighted by Gasteiger charge is 2.33. The minimum atomic E-state index is -1.23. The zero-order chi connectivity index (χ0) is 17.4. The van der Waals surface area contributed by atoms with Crippen molar-refractivity contribution in [3.05, 3.63) is 29.6 Å². The molecular formula is C17H26FN7. The van der Waals surface area contributed by atoms with Gasteiger partial charge in [0, 0.05) is 25.2 Å². The second-order valence-corrected chi connectivity index (χ2v) is 7.29. The van der Waals surface area contributed by atoms with Crippen LogP contribution in [0.25, 0.3) is 0 Å². The molecule has 136 valence electrons. The van der Waals surface area contributed by atoms with E-state index in [1.165, 1.54) is 32.0 Å². The first-order valence-electron chi connectivity index (χ1n) is 8.98. The summed E-state index contributed by atoms with van der Waals surface area (Å²) in [5.74, 6) is -0.696. The third-order valence-electron chi connectivity index (χ3n) is 5.41. The summed E-state index contributed by atoms with van der Waals surface area (Å²) in [4.78, 5) is 8.77. The Morgan fingerprint density at radius 3 is 2.76 bits per heavy atom. The van der Waals surface area contributed by atoms with Crippen molar-refractivity contribution in [3.8, 4) is 0 Å².